The Labute approximate surface area is 123 Å². The van der Waals surface area contributed by atoms with Gasteiger partial charge in [-0.05, 0) is 18.7 Å². The molecular weight excluding hydrogens is 310 g/mol. The van der Waals surface area contributed by atoms with Crippen molar-refractivity contribution in [3.63, 3.8) is 0 Å². The first-order chi connectivity index (χ1) is 9.13. The molecule has 0 spiro atoms. The number of aliphatic hydroxyl groups excluding tert-OH is 1. The van der Waals surface area contributed by atoms with Gasteiger partial charge < -0.3 is 14.6 Å². The molecule has 1 unspecified atom stereocenters. The van der Waals surface area contributed by atoms with Gasteiger partial charge in [0.05, 0.1) is 25.9 Å². The van der Waals surface area contributed by atoms with Crippen LogP contribution in [0, 0.1) is 0 Å². The molecule has 1 atom stereocenters. The summed E-state index contributed by atoms with van der Waals surface area (Å²) in [5.74, 6) is 0. The average Bonchev–Trinajstić information content (AvgIpc) is 2.37. The van der Waals surface area contributed by atoms with Crippen LogP contribution in [0.25, 0.3) is 0 Å². The molecule has 0 aliphatic carbocycles. The number of methoxy groups -OCH3 is 1. The van der Waals surface area contributed by atoms with Crippen LogP contribution in [0.2, 0.25) is 0 Å². The van der Waals surface area contributed by atoms with Gasteiger partial charge >= 0.3 is 0 Å². The fraction of sp³-hybridized carbons (Fsp3) is 0.571. The second-order valence-electron chi connectivity index (χ2n) is 4.51. The van der Waals surface area contributed by atoms with E-state index in [0.29, 0.717) is 26.4 Å². The van der Waals surface area contributed by atoms with Gasteiger partial charge in [0.25, 0.3) is 0 Å². The fourth-order valence-corrected chi connectivity index (χ4v) is 2.17. The normalized spacial score (nSPS) is 12.9. The van der Waals surface area contributed by atoms with Gasteiger partial charge in [-0.25, -0.2) is 0 Å². The topological polar surface area (TPSA) is 41.9 Å². The van der Waals surface area contributed by atoms with E-state index in [1.165, 1.54) is 5.56 Å². The van der Waals surface area contributed by atoms with Gasteiger partial charge in [0, 0.05) is 24.7 Å². The van der Waals surface area contributed by atoms with Gasteiger partial charge in [0.15, 0.2) is 0 Å². The highest BCUT2D eigenvalue weighted by Crippen LogP contribution is 2.17. The van der Waals surface area contributed by atoms with Crippen molar-refractivity contribution < 1.29 is 14.6 Å². The second-order valence-corrected chi connectivity index (χ2v) is 5.36. The lowest BCUT2D eigenvalue weighted by Crippen LogP contribution is -2.32. The molecular formula is C14H22BrNO3. The summed E-state index contributed by atoms with van der Waals surface area (Å²) in [6.07, 6.45) is -0.482. The number of ether oxygens (including phenoxy) is 2. The van der Waals surface area contributed by atoms with Crippen LogP contribution in [-0.2, 0) is 16.0 Å². The molecule has 0 saturated heterocycles. The number of aliphatic hydroxyl groups is 1. The van der Waals surface area contributed by atoms with E-state index in [0.717, 1.165) is 11.0 Å². The molecule has 4 nitrogen and oxygen atoms in total. The molecule has 1 N–H and O–H groups in total. The van der Waals surface area contributed by atoms with Crippen molar-refractivity contribution in [3.05, 3.63) is 34.3 Å². The minimum atomic E-state index is -0.482. The molecule has 0 radical (unpaired) electrons. The molecule has 0 bridgehead atoms. The van der Waals surface area contributed by atoms with E-state index in [1.54, 1.807) is 7.11 Å². The van der Waals surface area contributed by atoms with E-state index in [1.807, 2.05) is 25.2 Å². The van der Waals surface area contributed by atoms with Crippen LogP contribution < -0.4 is 0 Å². The number of rotatable bonds is 9. The van der Waals surface area contributed by atoms with Gasteiger partial charge in [-0.2, -0.15) is 0 Å². The standard InChI is InChI=1S/C14H22BrNO3/c1-16(9-12-5-3-4-6-14(12)15)10-13(17)11-19-8-7-18-2/h3-6,13,17H,7-11H2,1-2H3. The van der Waals surface area contributed by atoms with Crippen molar-refractivity contribution in [2.45, 2.75) is 12.6 Å². The van der Waals surface area contributed by atoms with Crippen molar-refractivity contribution in [2.75, 3.05) is 40.5 Å². The first-order valence-electron chi connectivity index (χ1n) is 6.30. The first kappa shape index (κ1) is 16.6. The molecule has 0 fully saturated rings. The van der Waals surface area contributed by atoms with E-state index >= 15 is 0 Å². The highest BCUT2D eigenvalue weighted by molar-refractivity contribution is 9.10. The highest BCUT2D eigenvalue weighted by atomic mass is 79.9. The van der Waals surface area contributed by atoms with Crippen molar-refractivity contribution in [2.24, 2.45) is 0 Å². The molecule has 5 heteroatoms. The largest absolute Gasteiger partial charge is 0.389 e. The Kier molecular flexibility index (Phi) is 8.25. The van der Waals surface area contributed by atoms with Crippen molar-refractivity contribution in [3.8, 4) is 0 Å². The lowest BCUT2D eigenvalue weighted by atomic mass is 10.2. The molecule has 108 valence electrons. The molecule has 1 aromatic carbocycles. The van der Waals surface area contributed by atoms with E-state index in [2.05, 4.69) is 26.9 Å². The second kappa shape index (κ2) is 9.44. The van der Waals surface area contributed by atoms with Gasteiger partial charge in [-0.15, -0.1) is 0 Å². The number of benzene rings is 1. The molecule has 0 aromatic heterocycles. The SMILES string of the molecule is COCCOCC(O)CN(C)Cc1ccccc1Br. The van der Waals surface area contributed by atoms with Crippen LogP contribution >= 0.6 is 15.9 Å². The number of hydrogen-bond donors (Lipinski definition) is 1. The molecule has 0 aliphatic heterocycles. The van der Waals surface area contributed by atoms with Gasteiger partial charge in [-0.3, -0.25) is 4.90 Å². The highest BCUT2D eigenvalue weighted by Gasteiger charge is 2.10. The average molecular weight is 332 g/mol. The molecule has 0 aliphatic rings. The summed E-state index contributed by atoms with van der Waals surface area (Å²) in [5, 5.41) is 9.85. The summed E-state index contributed by atoms with van der Waals surface area (Å²) in [7, 11) is 3.61. The Morgan fingerprint density at radius 3 is 2.74 bits per heavy atom. The summed E-state index contributed by atoms with van der Waals surface area (Å²) < 4.78 is 11.3. The van der Waals surface area contributed by atoms with E-state index < -0.39 is 6.10 Å². The maximum atomic E-state index is 9.85. The third-order valence-electron chi connectivity index (χ3n) is 2.66. The Bertz CT molecular complexity index is 362. The number of hydrogen-bond acceptors (Lipinski definition) is 4. The summed E-state index contributed by atoms with van der Waals surface area (Å²) in [6.45, 7) is 2.77. The quantitative estimate of drug-likeness (QED) is 0.702. The van der Waals surface area contributed by atoms with E-state index in [4.69, 9.17) is 9.47 Å². The Balaban J connectivity index is 2.26. The third kappa shape index (κ3) is 7.03. The Morgan fingerprint density at radius 2 is 2.05 bits per heavy atom. The zero-order valence-electron chi connectivity index (χ0n) is 11.5. The predicted molar refractivity (Wildman–Crippen MR) is 79.2 cm³/mol. The van der Waals surface area contributed by atoms with Crippen LogP contribution in [0.4, 0.5) is 0 Å². The van der Waals surface area contributed by atoms with E-state index in [-0.39, 0.29) is 0 Å². The maximum Gasteiger partial charge on any atom is 0.0900 e. The van der Waals surface area contributed by atoms with Gasteiger partial charge in [0.1, 0.15) is 0 Å². The molecule has 0 amide bonds. The van der Waals surface area contributed by atoms with Crippen molar-refractivity contribution >= 4 is 15.9 Å². The number of nitrogens with zero attached hydrogens (tertiary/aromatic N) is 1. The Hall–Kier alpha value is -0.460. The monoisotopic (exact) mass is 331 g/mol. The van der Waals surface area contributed by atoms with Crippen LogP contribution in [-0.4, -0.2) is 56.6 Å². The zero-order valence-corrected chi connectivity index (χ0v) is 13.1. The zero-order chi connectivity index (χ0) is 14.1. The summed E-state index contributed by atoms with van der Waals surface area (Å²) in [5.41, 5.74) is 1.21. The minimum Gasteiger partial charge on any atom is -0.389 e. The Morgan fingerprint density at radius 1 is 1.32 bits per heavy atom. The van der Waals surface area contributed by atoms with Gasteiger partial charge in [-0.1, -0.05) is 34.1 Å². The summed E-state index contributed by atoms with van der Waals surface area (Å²) >= 11 is 3.52. The van der Waals surface area contributed by atoms with Gasteiger partial charge in [0.2, 0.25) is 0 Å². The number of likely N-dealkylation sites (N-methyl/N-ethyl adjacent to an activating group) is 1. The summed E-state index contributed by atoms with van der Waals surface area (Å²) in [6, 6.07) is 8.10. The lowest BCUT2D eigenvalue weighted by molar-refractivity contribution is 0.00159. The fourth-order valence-electron chi connectivity index (χ4n) is 1.76. The smallest absolute Gasteiger partial charge is 0.0900 e. The molecule has 0 saturated carbocycles. The molecule has 1 rings (SSSR count). The molecule has 1 aromatic rings. The predicted octanol–water partition coefficient (Wildman–Crippen LogP) is 1.90. The van der Waals surface area contributed by atoms with Crippen LogP contribution in [0.1, 0.15) is 5.56 Å². The summed E-state index contributed by atoms with van der Waals surface area (Å²) in [4.78, 5) is 2.07. The maximum absolute atomic E-state index is 9.85. The third-order valence-corrected chi connectivity index (χ3v) is 3.44. The first-order valence-corrected chi connectivity index (χ1v) is 7.09. The van der Waals surface area contributed by atoms with Crippen molar-refractivity contribution in [1.82, 2.24) is 4.90 Å². The van der Waals surface area contributed by atoms with Crippen LogP contribution in [0.15, 0.2) is 28.7 Å². The lowest BCUT2D eigenvalue weighted by Gasteiger charge is -2.21. The molecule has 0 heterocycles. The number of halogens is 1. The van der Waals surface area contributed by atoms with Crippen molar-refractivity contribution in [1.29, 1.82) is 0 Å². The van der Waals surface area contributed by atoms with Crippen LogP contribution in [0.3, 0.4) is 0 Å². The van der Waals surface area contributed by atoms with E-state index in [9.17, 15) is 5.11 Å². The van der Waals surface area contributed by atoms with Crippen LogP contribution in [0.5, 0.6) is 0 Å². The minimum absolute atomic E-state index is 0.337. The molecule has 19 heavy (non-hydrogen) atoms.